The summed E-state index contributed by atoms with van der Waals surface area (Å²) in [6.45, 7) is 1.96. The van der Waals surface area contributed by atoms with Gasteiger partial charge in [0, 0.05) is 23.7 Å². The maximum Gasteiger partial charge on any atom is 0.265 e. The molecule has 0 aliphatic carbocycles. The Hall–Kier alpha value is -2.73. The van der Waals surface area contributed by atoms with Crippen molar-refractivity contribution in [1.82, 2.24) is 20.2 Å². The number of nitrogens with one attached hydrogen (secondary N) is 1. The Labute approximate surface area is 121 Å². The maximum absolute atomic E-state index is 12.0. The van der Waals surface area contributed by atoms with Gasteiger partial charge in [0.2, 0.25) is 0 Å². The van der Waals surface area contributed by atoms with Crippen LogP contribution in [0.3, 0.4) is 0 Å². The summed E-state index contributed by atoms with van der Waals surface area (Å²) in [4.78, 5) is 16.6. The van der Waals surface area contributed by atoms with E-state index in [-0.39, 0.29) is 5.91 Å². The molecule has 106 valence electrons. The first-order valence-electron chi connectivity index (χ1n) is 6.51. The van der Waals surface area contributed by atoms with Crippen LogP contribution in [0.1, 0.15) is 16.1 Å². The predicted molar refractivity (Wildman–Crippen MR) is 80.3 cm³/mol. The highest BCUT2D eigenvalue weighted by Gasteiger charge is 2.15. The number of carbonyl (C=O) groups is 1. The van der Waals surface area contributed by atoms with E-state index < -0.39 is 0 Å². The second kappa shape index (κ2) is 4.99. The van der Waals surface area contributed by atoms with Gasteiger partial charge in [0.1, 0.15) is 0 Å². The molecule has 0 atom stereocenters. The lowest BCUT2D eigenvalue weighted by atomic mass is 10.0. The number of carbonyl (C=O) groups excluding carboxylic acids is 1. The lowest BCUT2D eigenvalue weighted by Gasteiger charge is -2.08. The third-order valence-electron chi connectivity index (χ3n) is 3.60. The minimum atomic E-state index is -0.337. The number of amides is 1. The molecular formula is C15H15N5O. The molecule has 0 aliphatic heterocycles. The van der Waals surface area contributed by atoms with Gasteiger partial charge in [-0.1, -0.05) is 18.2 Å². The van der Waals surface area contributed by atoms with Crippen LogP contribution in [-0.2, 0) is 7.05 Å². The van der Waals surface area contributed by atoms with E-state index in [0.717, 1.165) is 22.2 Å². The monoisotopic (exact) mass is 281 g/mol. The van der Waals surface area contributed by atoms with Gasteiger partial charge in [-0.25, -0.2) is 10.8 Å². The first-order chi connectivity index (χ1) is 10.1. The molecule has 0 spiro atoms. The highest BCUT2D eigenvalue weighted by molar-refractivity contribution is 6.07. The van der Waals surface area contributed by atoms with Gasteiger partial charge in [-0.2, -0.15) is 5.10 Å². The van der Waals surface area contributed by atoms with Crippen LogP contribution in [-0.4, -0.2) is 20.7 Å². The quantitative estimate of drug-likeness (QED) is 0.424. The van der Waals surface area contributed by atoms with Crippen LogP contribution < -0.4 is 11.3 Å². The molecule has 21 heavy (non-hydrogen) atoms. The van der Waals surface area contributed by atoms with E-state index in [0.29, 0.717) is 11.3 Å². The van der Waals surface area contributed by atoms with Crippen molar-refractivity contribution in [2.75, 3.05) is 0 Å². The minimum absolute atomic E-state index is 0.337. The fourth-order valence-electron chi connectivity index (χ4n) is 2.33. The van der Waals surface area contributed by atoms with Gasteiger partial charge in [0.05, 0.1) is 23.0 Å². The predicted octanol–water partition coefficient (Wildman–Crippen LogP) is 1.55. The zero-order valence-corrected chi connectivity index (χ0v) is 11.8. The molecule has 3 aromatic rings. The summed E-state index contributed by atoms with van der Waals surface area (Å²) in [5.74, 6) is 4.94. The van der Waals surface area contributed by atoms with Gasteiger partial charge in [0.15, 0.2) is 0 Å². The first-order valence-corrected chi connectivity index (χ1v) is 6.51. The van der Waals surface area contributed by atoms with Crippen LogP contribution in [0.5, 0.6) is 0 Å². The van der Waals surface area contributed by atoms with Crippen LogP contribution in [0.2, 0.25) is 0 Å². The molecule has 0 saturated heterocycles. The van der Waals surface area contributed by atoms with E-state index in [1.165, 1.54) is 0 Å². The van der Waals surface area contributed by atoms with E-state index in [4.69, 9.17) is 5.84 Å². The topological polar surface area (TPSA) is 85.8 Å². The number of nitrogens with two attached hydrogens (primary N) is 1. The number of aromatic nitrogens is 3. The molecule has 3 N–H and O–H groups in total. The molecule has 0 unspecified atom stereocenters. The number of hydrazine groups is 1. The fourth-order valence-corrected chi connectivity index (χ4v) is 2.33. The molecule has 6 heteroatoms. The Bertz CT molecular complexity index is 837. The van der Waals surface area contributed by atoms with Crippen LogP contribution in [0.25, 0.3) is 22.2 Å². The van der Waals surface area contributed by atoms with Crippen molar-refractivity contribution >= 4 is 16.8 Å². The Morgan fingerprint density at radius 3 is 2.76 bits per heavy atom. The number of benzene rings is 1. The van der Waals surface area contributed by atoms with E-state index in [1.54, 1.807) is 16.9 Å². The van der Waals surface area contributed by atoms with Crippen LogP contribution in [0, 0.1) is 6.92 Å². The van der Waals surface area contributed by atoms with Gasteiger partial charge in [-0.15, -0.1) is 0 Å². The molecule has 1 aromatic carbocycles. The molecule has 3 rings (SSSR count). The SMILES string of the molecule is Cc1c(-c2cc(C(=O)NN)c3ccccc3n2)cnn1C. The summed E-state index contributed by atoms with van der Waals surface area (Å²) in [6.07, 6.45) is 1.75. The van der Waals surface area contributed by atoms with E-state index in [2.05, 4.69) is 15.5 Å². The Morgan fingerprint density at radius 2 is 2.10 bits per heavy atom. The second-order valence-electron chi connectivity index (χ2n) is 4.81. The summed E-state index contributed by atoms with van der Waals surface area (Å²) in [5.41, 5.74) is 6.02. The van der Waals surface area contributed by atoms with Crippen LogP contribution in [0.4, 0.5) is 0 Å². The third-order valence-corrected chi connectivity index (χ3v) is 3.60. The molecule has 2 aromatic heterocycles. The third kappa shape index (κ3) is 2.15. The number of nitrogens with zero attached hydrogens (tertiary/aromatic N) is 3. The Morgan fingerprint density at radius 1 is 1.33 bits per heavy atom. The normalized spacial score (nSPS) is 10.8. The van der Waals surface area contributed by atoms with Crippen molar-refractivity contribution in [2.45, 2.75) is 6.92 Å². The average Bonchev–Trinajstić information content (AvgIpc) is 2.85. The van der Waals surface area contributed by atoms with E-state index in [1.807, 2.05) is 38.2 Å². The second-order valence-corrected chi connectivity index (χ2v) is 4.81. The van der Waals surface area contributed by atoms with Crippen molar-refractivity contribution in [3.8, 4) is 11.3 Å². The van der Waals surface area contributed by atoms with Gasteiger partial charge in [0.25, 0.3) is 5.91 Å². The molecule has 1 amide bonds. The summed E-state index contributed by atoms with van der Waals surface area (Å²) in [7, 11) is 1.87. The van der Waals surface area contributed by atoms with Crippen molar-refractivity contribution < 1.29 is 4.79 Å². The van der Waals surface area contributed by atoms with Crippen molar-refractivity contribution in [1.29, 1.82) is 0 Å². The number of fused-ring (bicyclic) bond motifs is 1. The molecule has 0 aliphatic rings. The molecule has 0 saturated carbocycles. The standard InChI is InChI=1S/C15H15N5O/c1-9-12(8-17-20(9)2)14-7-11(15(21)19-16)10-5-3-4-6-13(10)18-14/h3-8H,16H2,1-2H3,(H,19,21). The minimum Gasteiger partial charge on any atom is -0.290 e. The van der Waals surface area contributed by atoms with Gasteiger partial charge < -0.3 is 0 Å². The van der Waals surface area contributed by atoms with Crippen LogP contribution >= 0.6 is 0 Å². The molecule has 0 fully saturated rings. The largest absolute Gasteiger partial charge is 0.290 e. The lowest BCUT2D eigenvalue weighted by molar-refractivity contribution is 0.0955. The smallest absolute Gasteiger partial charge is 0.265 e. The summed E-state index contributed by atoms with van der Waals surface area (Å²) < 4.78 is 1.77. The van der Waals surface area contributed by atoms with Gasteiger partial charge >= 0.3 is 0 Å². The number of rotatable bonds is 2. The van der Waals surface area contributed by atoms with E-state index in [9.17, 15) is 4.79 Å². The van der Waals surface area contributed by atoms with Gasteiger partial charge in [-0.05, 0) is 19.1 Å². The van der Waals surface area contributed by atoms with Crippen molar-refractivity contribution in [3.63, 3.8) is 0 Å². The van der Waals surface area contributed by atoms with Crippen LogP contribution in [0.15, 0.2) is 36.5 Å². The Balaban J connectivity index is 2.30. The zero-order valence-electron chi connectivity index (χ0n) is 11.8. The number of para-hydroxylation sites is 1. The molecule has 0 radical (unpaired) electrons. The number of nitrogen functional groups attached to an aromatic ring is 1. The Kier molecular flexibility index (Phi) is 3.15. The average molecular weight is 281 g/mol. The molecule has 2 heterocycles. The first kappa shape index (κ1) is 13.3. The van der Waals surface area contributed by atoms with Crippen molar-refractivity contribution in [2.24, 2.45) is 12.9 Å². The molecule has 0 bridgehead atoms. The molecule has 6 nitrogen and oxygen atoms in total. The number of pyridine rings is 1. The zero-order chi connectivity index (χ0) is 15.0. The van der Waals surface area contributed by atoms with E-state index >= 15 is 0 Å². The van der Waals surface area contributed by atoms with Gasteiger partial charge in [-0.3, -0.25) is 14.9 Å². The summed E-state index contributed by atoms with van der Waals surface area (Å²) in [6, 6.07) is 9.23. The summed E-state index contributed by atoms with van der Waals surface area (Å²) >= 11 is 0. The maximum atomic E-state index is 12.0. The number of hydrogen-bond acceptors (Lipinski definition) is 4. The fraction of sp³-hybridized carbons (Fsp3) is 0.133. The number of hydrogen-bond donors (Lipinski definition) is 2. The highest BCUT2D eigenvalue weighted by atomic mass is 16.2. The lowest BCUT2D eigenvalue weighted by Crippen LogP contribution is -2.30. The highest BCUT2D eigenvalue weighted by Crippen LogP contribution is 2.26. The van der Waals surface area contributed by atoms with Crippen molar-refractivity contribution in [3.05, 3.63) is 47.8 Å². The molecular weight excluding hydrogens is 266 g/mol. The number of aryl methyl sites for hydroxylation is 1. The summed E-state index contributed by atoms with van der Waals surface area (Å²) in [5, 5.41) is 4.99.